The number of nitrogens with one attached hydrogen (secondary N) is 1. The minimum absolute atomic E-state index is 0.0843. The molecule has 3 heterocycles. The van der Waals surface area contributed by atoms with Crippen LogP contribution in [0.3, 0.4) is 0 Å². The van der Waals surface area contributed by atoms with Gasteiger partial charge in [0.2, 0.25) is 0 Å². The zero-order valence-electron chi connectivity index (χ0n) is 16.5. The van der Waals surface area contributed by atoms with Crippen molar-refractivity contribution in [3.63, 3.8) is 0 Å². The summed E-state index contributed by atoms with van der Waals surface area (Å²) >= 11 is 12.4. The summed E-state index contributed by atoms with van der Waals surface area (Å²) in [6.45, 7) is 1.34. The van der Waals surface area contributed by atoms with Crippen molar-refractivity contribution in [3.05, 3.63) is 85.6 Å². The van der Waals surface area contributed by atoms with Crippen LogP contribution in [-0.2, 0) is 0 Å². The van der Waals surface area contributed by atoms with Gasteiger partial charge in [-0.05, 0) is 49.2 Å². The number of benzene rings is 2. The number of nitrogens with zero attached hydrogens (tertiary/aromatic N) is 4. The Kier molecular flexibility index (Phi) is 5.08. The van der Waals surface area contributed by atoms with Crippen molar-refractivity contribution in [2.45, 2.75) is 18.9 Å². The van der Waals surface area contributed by atoms with Gasteiger partial charge in [0.05, 0.1) is 28.6 Å². The molecule has 0 amide bonds. The third-order valence-corrected chi connectivity index (χ3v) is 6.37. The van der Waals surface area contributed by atoms with Crippen molar-refractivity contribution >= 4 is 39.9 Å². The van der Waals surface area contributed by atoms with E-state index in [0.717, 1.165) is 23.9 Å². The number of H-pyrrole nitrogens is 1. The van der Waals surface area contributed by atoms with Crippen LogP contribution in [0.25, 0.3) is 16.7 Å². The highest BCUT2D eigenvalue weighted by Gasteiger charge is 2.26. The van der Waals surface area contributed by atoms with Crippen LogP contribution in [0.5, 0.6) is 0 Å². The number of piperidine rings is 1. The molecule has 0 spiro atoms. The third-order valence-electron chi connectivity index (χ3n) is 5.77. The van der Waals surface area contributed by atoms with E-state index in [4.69, 9.17) is 23.2 Å². The SMILES string of the molecule is O=c1c(Cl)c(N2CCC(n3c(=O)[nH]c4ccccc43)CC2)cnn1-c1ccc(Cl)cc1. The molecule has 0 radical (unpaired) electrons. The monoisotopic (exact) mass is 455 g/mol. The lowest BCUT2D eigenvalue weighted by atomic mass is 10.0. The maximum atomic E-state index is 12.8. The maximum Gasteiger partial charge on any atom is 0.326 e. The average molecular weight is 456 g/mol. The van der Waals surface area contributed by atoms with Crippen molar-refractivity contribution in [2.24, 2.45) is 0 Å². The number of rotatable bonds is 3. The van der Waals surface area contributed by atoms with Gasteiger partial charge in [-0.1, -0.05) is 35.3 Å². The first kappa shape index (κ1) is 19.9. The molecule has 1 aliphatic rings. The molecule has 4 aromatic rings. The standard InChI is InChI=1S/C22H19Cl2N5O2/c23-14-5-7-16(8-6-14)29-21(30)20(24)19(13-25-29)27-11-9-15(10-12-27)28-18-4-2-1-3-17(18)26-22(28)31/h1-8,13,15H,9-12H2,(H,26,31). The minimum atomic E-state index is -0.378. The van der Waals surface area contributed by atoms with E-state index in [1.54, 1.807) is 30.5 Å². The second kappa shape index (κ2) is 7.90. The molecule has 1 aliphatic heterocycles. The van der Waals surface area contributed by atoms with Crippen LogP contribution < -0.4 is 16.1 Å². The number of halogens is 2. The van der Waals surface area contributed by atoms with E-state index in [1.807, 2.05) is 28.8 Å². The highest BCUT2D eigenvalue weighted by atomic mass is 35.5. The lowest BCUT2D eigenvalue weighted by Gasteiger charge is -2.34. The Balaban J connectivity index is 1.39. The molecule has 0 atom stereocenters. The fourth-order valence-corrected chi connectivity index (χ4v) is 4.59. The Labute approximate surface area is 187 Å². The molecule has 5 rings (SSSR count). The first-order valence-corrected chi connectivity index (χ1v) is 10.8. The second-order valence-corrected chi connectivity index (χ2v) is 8.39. The first-order valence-electron chi connectivity index (χ1n) is 10.0. The van der Waals surface area contributed by atoms with E-state index in [-0.39, 0.29) is 22.3 Å². The Morgan fingerprint density at radius 2 is 1.68 bits per heavy atom. The number of aromatic nitrogens is 4. The fraction of sp³-hybridized carbons (Fsp3) is 0.227. The summed E-state index contributed by atoms with van der Waals surface area (Å²) in [6.07, 6.45) is 3.15. The molecular formula is C22H19Cl2N5O2. The average Bonchev–Trinajstić information content (AvgIpc) is 3.12. The Morgan fingerprint density at radius 1 is 0.968 bits per heavy atom. The van der Waals surface area contributed by atoms with Gasteiger partial charge >= 0.3 is 5.69 Å². The Hall–Kier alpha value is -3.03. The molecule has 31 heavy (non-hydrogen) atoms. The van der Waals surface area contributed by atoms with Gasteiger partial charge in [0.25, 0.3) is 5.56 Å². The summed E-state index contributed by atoms with van der Waals surface area (Å²) in [4.78, 5) is 30.3. The van der Waals surface area contributed by atoms with Gasteiger partial charge in [0.1, 0.15) is 5.02 Å². The van der Waals surface area contributed by atoms with E-state index in [9.17, 15) is 9.59 Å². The lowest BCUT2D eigenvalue weighted by molar-refractivity contribution is 0.396. The predicted octanol–water partition coefficient (Wildman–Crippen LogP) is 4.02. The van der Waals surface area contributed by atoms with Crippen LogP contribution in [0.2, 0.25) is 10.0 Å². The normalized spacial score (nSPS) is 15.0. The second-order valence-electron chi connectivity index (χ2n) is 7.57. The van der Waals surface area contributed by atoms with Crippen molar-refractivity contribution < 1.29 is 0 Å². The number of hydrogen-bond donors (Lipinski definition) is 1. The topological polar surface area (TPSA) is 75.9 Å². The van der Waals surface area contributed by atoms with Gasteiger partial charge in [-0.2, -0.15) is 9.78 Å². The molecule has 1 saturated heterocycles. The first-order chi connectivity index (χ1) is 15.0. The lowest BCUT2D eigenvalue weighted by Crippen LogP contribution is -2.38. The van der Waals surface area contributed by atoms with Gasteiger partial charge in [0, 0.05) is 24.2 Å². The minimum Gasteiger partial charge on any atom is -0.369 e. The quantitative estimate of drug-likeness (QED) is 0.505. The molecule has 158 valence electrons. The third kappa shape index (κ3) is 3.54. The molecule has 0 aliphatic carbocycles. The highest BCUT2D eigenvalue weighted by Crippen LogP contribution is 2.30. The summed E-state index contributed by atoms with van der Waals surface area (Å²) in [5, 5.41) is 5.03. The number of fused-ring (bicyclic) bond motifs is 1. The van der Waals surface area contributed by atoms with Crippen LogP contribution in [0.1, 0.15) is 18.9 Å². The molecule has 0 saturated carbocycles. The van der Waals surface area contributed by atoms with E-state index >= 15 is 0 Å². The predicted molar refractivity (Wildman–Crippen MR) is 123 cm³/mol. The molecule has 0 bridgehead atoms. The molecule has 0 unspecified atom stereocenters. The van der Waals surface area contributed by atoms with E-state index < -0.39 is 0 Å². The van der Waals surface area contributed by atoms with E-state index in [1.165, 1.54) is 4.68 Å². The molecule has 2 aromatic heterocycles. The van der Waals surface area contributed by atoms with Crippen molar-refractivity contribution in [2.75, 3.05) is 18.0 Å². The van der Waals surface area contributed by atoms with Crippen molar-refractivity contribution in [1.29, 1.82) is 0 Å². The van der Waals surface area contributed by atoms with Gasteiger partial charge in [-0.3, -0.25) is 9.36 Å². The van der Waals surface area contributed by atoms with E-state index in [0.29, 0.717) is 29.5 Å². The van der Waals surface area contributed by atoms with Crippen LogP contribution >= 0.6 is 23.2 Å². The maximum absolute atomic E-state index is 12.8. The van der Waals surface area contributed by atoms with Crippen molar-refractivity contribution in [3.8, 4) is 5.69 Å². The zero-order chi connectivity index (χ0) is 21.5. The number of para-hydroxylation sites is 2. The number of hydrogen-bond acceptors (Lipinski definition) is 4. The highest BCUT2D eigenvalue weighted by molar-refractivity contribution is 6.33. The largest absolute Gasteiger partial charge is 0.369 e. The molecule has 2 aromatic carbocycles. The molecule has 7 nitrogen and oxygen atoms in total. The molecule has 1 fully saturated rings. The number of aromatic amines is 1. The zero-order valence-corrected chi connectivity index (χ0v) is 18.0. The Bertz CT molecular complexity index is 1370. The molecular weight excluding hydrogens is 437 g/mol. The smallest absolute Gasteiger partial charge is 0.326 e. The summed E-state index contributed by atoms with van der Waals surface area (Å²) in [7, 11) is 0. The summed E-state index contributed by atoms with van der Waals surface area (Å²) in [5.41, 5.74) is 2.49. The van der Waals surface area contributed by atoms with Gasteiger partial charge in [-0.25, -0.2) is 4.79 Å². The summed E-state index contributed by atoms with van der Waals surface area (Å²) in [6, 6.07) is 14.6. The number of anilines is 1. The van der Waals surface area contributed by atoms with Gasteiger partial charge in [-0.15, -0.1) is 0 Å². The fourth-order valence-electron chi connectivity index (χ4n) is 4.21. The summed E-state index contributed by atoms with van der Waals surface area (Å²) < 4.78 is 3.10. The van der Waals surface area contributed by atoms with Crippen LogP contribution in [0, 0.1) is 0 Å². The van der Waals surface area contributed by atoms with Gasteiger partial charge in [0.15, 0.2) is 0 Å². The van der Waals surface area contributed by atoms with E-state index in [2.05, 4.69) is 15.0 Å². The molecule has 1 N–H and O–H groups in total. The van der Waals surface area contributed by atoms with Crippen LogP contribution in [0.4, 0.5) is 5.69 Å². The number of imidazole rings is 1. The van der Waals surface area contributed by atoms with Crippen LogP contribution in [0.15, 0.2) is 64.3 Å². The molecule has 9 heteroatoms. The Morgan fingerprint density at radius 3 is 2.42 bits per heavy atom. The van der Waals surface area contributed by atoms with Crippen molar-refractivity contribution in [1.82, 2.24) is 19.3 Å². The van der Waals surface area contributed by atoms with Gasteiger partial charge < -0.3 is 9.88 Å². The van der Waals surface area contributed by atoms with Crippen LogP contribution in [-0.4, -0.2) is 32.4 Å². The summed E-state index contributed by atoms with van der Waals surface area (Å²) in [5.74, 6) is 0.